The van der Waals surface area contributed by atoms with Crippen molar-refractivity contribution in [1.82, 2.24) is 0 Å². The predicted octanol–water partition coefficient (Wildman–Crippen LogP) is 3.01. The van der Waals surface area contributed by atoms with Crippen LogP contribution in [0, 0.1) is 0 Å². The zero-order valence-electron chi connectivity index (χ0n) is 9.26. The lowest BCUT2D eigenvalue weighted by atomic mass is 10.1. The van der Waals surface area contributed by atoms with Gasteiger partial charge in [0.25, 0.3) is 0 Å². The third kappa shape index (κ3) is 6.50. The lowest BCUT2D eigenvalue weighted by Crippen LogP contribution is -2.09. The number of carbonyl (C=O) groups excluding carboxylic acids is 1. The first kappa shape index (κ1) is 12.3. The highest BCUT2D eigenvalue weighted by molar-refractivity contribution is 6.01. The number of hydrogen-bond acceptors (Lipinski definition) is 2. The lowest BCUT2D eigenvalue weighted by Gasteiger charge is -2.05. The third-order valence-corrected chi connectivity index (χ3v) is 1.77. The van der Waals surface area contributed by atoms with Crippen LogP contribution in [0.2, 0.25) is 0 Å². The number of Topliss-reactive ketones (excluding diaryl/α,β-unsaturated/α-hetero) is 1. The van der Waals surface area contributed by atoms with Crippen LogP contribution < -0.4 is 0 Å². The van der Waals surface area contributed by atoms with Crippen LogP contribution in [0.15, 0.2) is 4.99 Å². The Bertz CT molecular complexity index is 183. The summed E-state index contributed by atoms with van der Waals surface area (Å²) in [6, 6.07) is 0.311. The molecule has 0 N–H and O–H groups in total. The van der Waals surface area contributed by atoms with E-state index in [1.165, 1.54) is 0 Å². The van der Waals surface area contributed by atoms with Gasteiger partial charge in [0.2, 0.25) is 0 Å². The summed E-state index contributed by atoms with van der Waals surface area (Å²) in [6.45, 7) is 8.12. The van der Waals surface area contributed by atoms with Crippen LogP contribution in [0.4, 0.5) is 0 Å². The molecule has 0 amide bonds. The molecule has 0 bridgehead atoms. The summed E-state index contributed by atoms with van der Waals surface area (Å²) < 4.78 is 0. The van der Waals surface area contributed by atoms with Gasteiger partial charge in [0.05, 0.1) is 0 Å². The maximum Gasteiger partial charge on any atom is 0.138 e. The maximum absolute atomic E-state index is 11.2. The van der Waals surface area contributed by atoms with E-state index in [0.717, 1.165) is 18.6 Å². The van der Waals surface area contributed by atoms with E-state index in [1.54, 1.807) is 0 Å². The molecule has 0 atom stereocenters. The highest BCUT2D eigenvalue weighted by Crippen LogP contribution is 2.03. The van der Waals surface area contributed by atoms with Crippen molar-refractivity contribution in [2.75, 3.05) is 0 Å². The van der Waals surface area contributed by atoms with Crippen molar-refractivity contribution < 1.29 is 4.79 Å². The Balaban J connectivity index is 4.17. The van der Waals surface area contributed by atoms with E-state index in [9.17, 15) is 4.79 Å². The summed E-state index contributed by atoms with van der Waals surface area (Å²) in [5.41, 5.74) is 1.07. The molecule has 0 aliphatic rings. The topological polar surface area (TPSA) is 29.4 Å². The fraction of sp³-hybridized carbons (Fsp3) is 0.818. The monoisotopic (exact) mass is 183 g/mol. The van der Waals surface area contributed by atoms with Crippen molar-refractivity contribution in [3.63, 3.8) is 0 Å². The van der Waals surface area contributed by atoms with Gasteiger partial charge in [-0.05, 0) is 20.3 Å². The van der Waals surface area contributed by atoms with Gasteiger partial charge in [-0.15, -0.1) is 0 Å². The van der Waals surface area contributed by atoms with E-state index in [1.807, 2.05) is 20.8 Å². The Hall–Kier alpha value is -0.660. The zero-order valence-corrected chi connectivity index (χ0v) is 9.26. The molecule has 0 aromatic heterocycles. The van der Waals surface area contributed by atoms with Crippen LogP contribution in [-0.2, 0) is 4.79 Å². The van der Waals surface area contributed by atoms with Gasteiger partial charge >= 0.3 is 0 Å². The SMILES string of the molecule is CCCC(CC(=O)CC)=NC(C)C. The van der Waals surface area contributed by atoms with Crippen LogP contribution in [0.1, 0.15) is 53.4 Å². The molecule has 2 heteroatoms. The van der Waals surface area contributed by atoms with Crippen LogP contribution in [0.5, 0.6) is 0 Å². The average molecular weight is 183 g/mol. The number of rotatable bonds is 6. The first-order chi connectivity index (χ1) is 6.10. The van der Waals surface area contributed by atoms with Crippen molar-refractivity contribution in [3.8, 4) is 0 Å². The number of hydrogen-bond donors (Lipinski definition) is 0. The average Bonchev–Trinajstić information content (AvgIpc) is 2.03. The lowest BCUT2D eigenvalue weighted by molar-refractivity contribution is -0.117. The van der Waals surface area contributed by atoms with Crippen LogP contribution in [-0.4, -0.2) is 17.5 Å². The third-order valence-electron chi connectivity index (χ3n) is 1.77. The van der Waals surface area contributed by atoms with Crippen molar-refractivity contribution in [3.05, 3.63) is 0 Å². The van der Waals surface area contributed by atoms with E-state index < -0.39 is 0 Å². The van der Waals surface area contributed by atoms with Gasteiger partial charge in [-0.1, -0.05) is 20.3 Å². The molecule has 0 aromatic rings. The van der Waals surface area contributed by atoms with E-state index in [-0.39, 0.29) is 0 Å². The smallest absolute Gasteiger partial charge is 0.138 e. The molecule has 0 saturated heterocycles. The van der Waals surface area contributed by atoms with E-state index >= 15 is 0 Å². The first-order valence-corrected chi connectivity index (χ1v) is 5.17. The number of nitrogens with zero attached hydrogens (tertiary/aromatic N) is 1. The van der Waals surface area contributed by atoms with E-state index in [0.29, 0.717) is 24.7 Å². The number of aliphatic imine (C=N–C) groups is 1. The van der Waals surface area contributed by atoms with Crippen molar-refractivity contribution >= 4 is 11.5 Å². The molecular formula is C11H21NO. The van der Waals surface area contributed by atoms with Gasteiger partial charge in [-0.25, -0.2) is 0 Å². The molecule has 76 valence electrons. The van der Waals surface area contributed by atoms with Gasteiger partial charge in [-0.2, -0.15) is 0 Å². The highest BCUT2D eigenvalue weighted by atomic mass is 16.1. The van der Waals surface area contributed by atoms with Gasteiger partial charge in [-0.3, -0.25) is 9.79 Å². The van der Waals surface area contributed by atoms with Crippen LogP contribution in [0.25, 0.3) is 0 Å². The molecule has 0 radical (unpaired) electrons. The van der Waals surface area contributed by atoms with E-state index in [4.69, 9.17) is 0 Å². The highest BCUT2D eigenvalue weighted by Gasteiger charge is 2.05. The summed E-state index contributed by atoms with van der Waals surface area (Å²) in [4.78, 5) is 15.6. The molecule has 0 heterocycles. The van der Waals surface area contributed by atoms with Crippen molar-refractivity contribution in [1.29, 1.82) is 0 Å². The minimum Gasteiger partial charge on any atom is -0.299 e. The molecule has 0 fully saturated rings. The second-order valence-corrected chi connectivity index (χ2v) is 3.61. The summed E-state index contributed by atoms with van der Waals surface area (Å²) in [5, 5.41) is 0. The Morgan fingerprint density at radius 2 is 1.92 bits per heavy atom. The van der Waals surface area contributed by atoms with Gasteiger partial charge in [0, 0.05) is 24.6 Å². The molecule has 13 heavy (non-hydrogen) atoms. The fourth-order valence-electron chi connectivity index (χ4n) is 1.20. The molecule has 0 aromatic carbocycles. The van der Waals surface area contributed by atoms with Gasteiger partial charge < -0.3 is 0 Å². The molecule has 0 unspecified atom stereocenters. The summed E-state index contributed by atoms with van der Waals surface area (Å²) >= 11 is 0. The van der Waals surface area contributed by atoms with Gasteiger partial charge in [0.15, 0.2) is 0 Å². The minimum atomic E-state index is 0.299. The predicted molar refractivity (Wildman–Crippen MR) is 57.4 cm³/mol. The summed E-state index contributed by atoms with van der Waals surface area (Å²) in [7, 11) is 0. The molecule has 2 nitrogen and oxygen atoms in total. The molecule has 0 spiro atoms. The Morgan fingerprint density at radius 3 is 2.31 bits per heavy atom. The molecular weight excluding hydrogens is 162 g/mol. The second-order valence-electron chi connectivity index (χ2n) is 3.61. The maximum atomic E-state index is 11.2. The molecule has 0 saturated carbocycles. The molecule has 0 rings (SSSR count). The fourth-order valence-corrected chi connectivity index (χ4v) is 1.20. The quantitative estimate of drug-likeness (QED) is 0.582. The minimum absolute atomic E-state index is 0.299. The number of ketones is 1. The normalized spacial score (nSPS) is 12.2. The zero-order chi connectivity index (χ0) is 10.3. The van der Waals surface area contributed by atoms with Gasteiger partial charge in [0.1, 0.15) is 5.78 Å². The molecule has 0 aliphatic heterocycles. The van der Waals surface area contributed by atoms with Crippen LogP contribution >= 0.6 is 0 Å². The summed E-state index contributed by atoms with van der Waals surface area (Å²) in [6.07, 6.45) is 3.22. The Labute approximate surface area is 81.4 Å². The Kier molecular flexibility index (Phi) is 6.47. The van der Waals surface area contributed by atoms with Crippen molar-refractivity contribution in [2.45, 2.75) is 59.4 Å². The standard InChI is InChI=1S/C11H21NO/c1-5-7-10(12-9(3)4)8-11(13)6-2/h9H,5-8H2,1-4H3. The largest absolute Gasteiger partial charge is 0.299 e. The van der Waals surface area contributed by atoms with Crippen LogP contribution in [0.3, 0.4) is 0 Å². The molecule has 0 aliphatic carbocycles. The number of carbonyl (C=O) groups is 1. The van der Waals surface area contributed by atoms with Crippen molar-refractivity contribution in [2.24, 2.45) is 4.99 Å². The van der Waals surface area contributed by atoms with E-state index in [2.05, 4.69) is 11.9 Å². The Morgan fingerprint density at radius 1 is 1.31 bits per heavy atom. The second kappa shape index (κ2) is 6.81. The summed E-state index contributed by atoms with van der Waals surface area (Å²) in [5.74, 6) is 0.299. The first-order valence-electron chi connectivity index (χ1n) is 5.17.